The van der Waals surface area contributed by atoms with Gasteiger partial charge in [-0.1, -0.05) is 13.8 Å². The third-order valence-corrected chi connectivity index (χ3v) is 5.14. The van der Waals surface area contributed by atoms with Crippen LogP contribution >= 0.6 is 0 Å². The topological polar surface area (TPSA) is 89.3 Å². The second kappa shape index (κ2) is 6.21. The van der Waals surface area contributed by atoms with E-state index in [0.29, 0.717) is 0 Å². The van der Waals surface area contributed by atoms with Crippen LogP contribution in [0.1, 0.15) is 20.8 Å². The fourth-order valence-electron chi connectivity index (χ4n) is 1.65. The van der Waals surface area contributed by atoms with Crippen LogP contribution < -0.4 is 11.1 Å². The van der Waals surface area contributed by atoms with Gasteiger partial charge < -0.3 is 11.1 Å². The van der Waals surface area contributed by atoms with E-state index in [1.165, 1.54) is 19.1 Å². The summed E-state index contributed by atoms with van der Waals surface area (Å²) < 4.78 is 37.4. The number of nitrogens with two attached hydrogens (primary N) is 1. The van der Waals surface area contributed by atoms with E-state index in [2.05, 4.69) is 5.32 Å². The molecule has 1 rings (SSSR count). The van der Waals surface area contributed by atoms with Crippen molar-refractivity contribution < 1.29 is 17.6 Å². The minimum atomic E-state index is -3.57. The van der Waals surface area contributed by atoms with Gasteiger partial charge in [0.1, 0.15) is 11.1 Å². The zero-order valence-corrected chi connectivity index (χ0v) is 12.5. The molecule has 0 aliphatic heterocycles. The maximum absolute atomic E-state index is 13.5. The highest BCUT2D eigenvalue weighted by Crippen LogP contribution is 2.18. The third-order valence-electron chi connectivity index (χ3n) is 2.72. The number of nitrogen functional groups attached to an aromatic ring is 1. The van der Waals surface area contributed by atoms with Gasteiger partial charge in [0.15, 0.2) is 9.84 Å². The van der Waals surface area contributed by atoms with Crippen molar-refractivity contribution >= 4 is 27.1 Å². The molecule has 1 amide bonds. The Morgan fingerprint density at radius 2 is 1.95 bits per heavy atom. The molecule has 1 atom stereocenters. The lowest BCUT2D eigenvalue weighted by Crippen LogP contribution is -2.35. The minimum Gasteiger partial charge on any atom is -0.399 e. The van der Waals surface area contributed by atoms with Crippen molar-refractivity contribution in [3.63, 3.8) is 0 Å². The summed E-state index contributed by atoms with van der Waals surface area (Å²) >= 11 is 0. The van der Waals surface area contributed by atoms with Crippen molar-refractivity contribution in [3.8, 4) is 0 Å². The standard InChI is InChI=1S/C13H19FN2O3S/c1-8(2)7-20(18,19)9(3)13(17)16-12-6-10(15)4-5-11(12)14/h4-6,8-9H,7,15H2,1-3H3,(H,16,17). The normalized spacial score (nSPS) is 13.2. The summed E-state index contributed by atoms with van der Waals surface area (Å²) in [6.45, 7) is 4.79. The Bertz CT molecular complexity index is 600. The fourth-order valence-corrected chi connectivity index (χ4v) is 3.25. The van der Waals surface area contributed by atoms with Gasteiger partial charge in [-0.25, -0.2) is 12.8 Å². The number of rotatable bonds is 5. The number of benzene rings is 1. The molecule has 0 aliphatic carbocycles. The summed E-state index contributed by atoms with van der Waals surface area (Å²) in [5, 5.41) is 1.01. The quantitative estimate of drug-likeness (QED) is 0.812. The number of carbonyl (C=O) groups is 1. The molecule has 0 bridgehead atoms. The molecule has 0 heterocycles. The zero-order chi connectivity index (χ0) is 15.5. The lowest BCUT2D eigenvalue weighted by atomic mass is 10.2. The zero-order valence-electron chi connectivity index (χ0n) is 11.7. The summed E-state index contributed by atoms with van der Waals surface area (Å²) in [4.78, 5) is 11.9. The SMILES string of the molecule is CC(C)CS(=O)(=O)C(C)C(=O)Nc1cc(N)ccc1F. The van der Waals surface area contributed by atoms with Gasteiger partial charge >= 0.3 is 0 Å². The molecule has 0 spiro atoms. The first-order valence-corrected chi connectivity index (χ1v) is 7.92. The molecule has 0 radical (unpaired) electrons. The van der Waals surface area contributed by atoms with Gasteiger partial charge in [0.05, 0.1) is 11.4 Å². The Kier molecular flexibility index (Phi) is 5.10. The summed E-state index contributed by atoms with van der Waals surface area (Å²) in [5.74, 6) is -1.61. The lowest BCUT2D eigenvalue weighted by Gasteiger charge is -2.15. The Hall–Kier alpha value is -1.63. The first-order valence-electron chi connectivity index (χ1n) is 6.21. The molecule has 20 heavy (non-hydrogen) atoms. The number of hydrogen-bond donors (Lipinski definition) is 2. The average molecular weight is 302 g/mol. The fraction of sp³-hybridized carbons (Fsp3) is 0.462. The molecular weight excluding hydrogens is 283 g/mol. The second-order valence-electron chi connectivity index (χ2n) is 5.09. The van der Waals surface area contributed by atoms with Crippen LogP contribution in [-0.4, -0.2) is 25.3 Å². The first-order chi connectivity index (χ1) is 9.13. The molecule has 0 aliphatic rings. The molecule has 112 valence electrons. The van der Waals surface area contributed by atoms with Crippen molar-refractivity contribution in [1.82, 2.24) is 0 Å². The number of nitrogens with one attached hydrogen (secondary N) is 1. The average Bonchev–Trinajstić information content (AvgIpc) is 2.31. The van der Waals surface area contributed by atoms with Gasteiger partial charge in [-0.3, -0.25) is 4.79 Å². The van der Waals surface area contributed by atoms with Crippen molar-refractivity contribution in [2.75, 3.05) is 16.8 Å². The van der Waals surface area contributed by atoms with Crippen molar-refractivity contribution in [2.45, 2.75) is 26.0 Å². The maximum atomic E-state index is 13.5. The minimum absolute atomic E-state index is 0.0839. The number of anilines is 2. The van der Waals surface area contributed by atoms with Gasteiger partial charge in [0, 0.05) is 5.69 Å². The largest absolute Gasteiger partial charge is 0.399 e. The molecule has 0 saturated carbocycles. The van der Waals surface area contributed by atoms with Crippen LogP contribution in [0, 0.1) is 11.7 Å². The Morgan fingerprint density at radius 3 is 2.50 bits per heavy atom. The molecule has 1 aromatic rings. The molecule has 1 aromatic carbocycles. The van der Waals surface area contributed by atoms with E-state index in [1.807, 2.05) is 0 Å². The second-order valence-corrected chi connectivity index (χ2v) is 7.46. The summed E-state index contributed by atoms with van der Waals surface area (Å²) in [7, 11) is -3.57. The Morgan fingerprint density at radius 1 is 1.35 bits per heavy atom. The molecule has 0 fully saturated rings. The Balaban J connectivity index is 2.88. The van der Waals surface area contributed by atoms with Crippen LogP contribution in [-0.2, 0) is 14.6 Å². The van der Waals surface area contributed by atoms with E-state index in [0.717, 1.165) is 6.07 Å². The first kappa shape index (κ1) is 16.4. The van der Waals surface area contributed by atoms with E-state index in [-0.39, 0.29) is 23.0 Å². The molecule has 7 heteroatoms. The number of sulfone groups is 1. The van der Waals surface area contributed by atoms with Gasteiger partial charge in [-0.05, 0) is 31.0 Å². The van der Waals surface area contributed by atoms with Gasteiger partial charge in [0.25, 0.3) is 0 Å². The summed E-state index contributed by atoms with van der Waals surface area (Å²) in [6.07, 6.45) is 0. The van der Waals surface area contributed by atoms with Crippen LogP contribution in [0.2, 0.25) is 0 Å². The highest BCUT2D eigenvalue weighted by atomic mass is 32.2. The van der Waals surface area contributed by atoms with Crippen LogP contribution in [0.15, 0.2) is 18.2 Å². The third kappa shape index (κ3) is 4.19. The number of halogens is 1. The summed E-state index contributed by atoms with van der Waals surface area (Å²) in [5.41, 5.74) is 5.65. The monoisotopic (exact) mass is 302 g/mol. The predicted octanol–water partition coefficient (Wildman–Crippen LogP) is 1.81. The van der Waals surface area contributed by atoms with Crippen LogP contribution in [0.4, 0.5) is 15.8 Å². The van der Waals surface area contributed by atoms with Gasteiger partial charge in [-0.2, -0.15) is 0 Å². The van der Waals surface area contributed by atoms with Crippen molar-refractivity contribution in [1.29, 1.82) is 0 Å². The number of carbonyl (C=O) groups excluding carboxylic acids is 1. The van der Waals surface area contributed by atoms with E-state index < -0.39 is 26.8 Å². The van der Waals surface area contributed by atoms with Crippen molar-refractivity contribution in [2.24, 2.45) is 5.92 Å². The molecule has 5 nitrogen and oxygen atoms in total. The molecule has 0 saturated heterocycles. The maximum Gasteiger partial charge on any atom is 0.242 e. The number of amides is 1. The van der Waals surface area contributed by atoms with Crippen molar-refractivity contribution in [3.05, 3.63) is 24.0 Å². The number of hydrogen-bond acceptors (Lipinski definition) is 4. The van der Waals surface area contributed by atoms with Gasteiger partial charge in [0.2, 0.25) is 5.91 Å². The molecule has 3 N–H and O–H groups in total. The predicted molar refractivity (Wildman–Crippen MR) is 77.5 cm³/mol. The van der Waals surface area contributed by atoms with E-state index in [1.54, 1.807) is 13.8 Å². The van der Waals surface area contributed by atoms with E-state index in [9.17, 15) is 17.6 Å². The summed E-state index contributed by atoms with van der Waals surface area (Å²) in [6, 6.07) is 3.71. The van der Waals surface area contributed by atoms with Gasteiger partial charge in [-0.15, -0.1) is 0 Å². The van der Waals surface area contributed by atoms with Crippen LogP contribution in [0.3, 0.4) is 0 Å². The van der Waals surface area contributed by atoms with E-state index >= 15 is 0 Å². The smallest absolute Gasteiger partial charge is 0.242 e. The molecule has 1 unspecified atom stereocenters. The Labute approximate surface area is 118 Å². The molecule has 0 aromatic heterocycles. The lowest BCUT2D eigenvalue weighted by molar-refractivity contribution is -0.115. The van der Waals surface area contributed by atoms with Crippen LogP contribution in [0.5, 0.6) is 0 Å². The van der Waals surface area contributed by atoms with Crippen LogP contribution in [0.25, 0.3) is 0 Å². The molecular formula is C13H19FN2O3S. The van der Waals surface area contributed by atoms with E-state index in [4.69, 9.17) is 5.73 Å². The highest BCUT2D eigenvalue weighted by Gasteiger charge is 2.29. The highest BCUT2D eigenvalue weighted by molar-refractivity contribution is 7.92.